The third-order valence-electron chi connectivity index (χ3n) is 5.79. The summed E-state index contributed by atoms with van der Waals surface area (Å²) in [5.41, 5.74) is 1.17. The number of hydrogen-bond acceptors (Lipinski definition) is 2. The first-order valence-electron chi connectivity index (χ1n) is 9.22. The summed E-state index contributed by atoms with van der Waals surface area (Å²) in [4.78, 5) is 15.1. The summed E-state index contributed by atoms with van der Waals surface area (Å²) < 4.78 is 2.30. The first-order chi connectivity index (χ1) is 11.8. The molecule has 0 unspecified atom stereocenters. The van der Waals surface area contributed by atoms with E-state index < -0.39 is 0 Å². The van der Waals surface area contributed by atoms with Gasteiger partial charge >= 0.3 is 0 Å². The van der Waals surface area contributed by atoms with Crippen molar-refractivity contribution >= 4 is 5.91 Å². The van der Waals surface area contributed by atoms with Gasteiger partial charge in [-0.3, -0.25) is 9.89 Å². The lowest BCUT2D eigenvalue weighted by atomic mass is 9.84. The van der Waals surface area contributed by atoms with Crippen molar-refractivity contribution in [3.05, 3.63) is 42.5 Å². The highest BCUT2D eigenvalue weighted by Crippen LogP contribution is 2.34. The molecule has 0 spiro atoms. The molecule has 4 rings (SSSR count). The van der Waals surface area contributed by atoms with Gasteiger partial charge in [-0.2, -0.15) is 5.10 Å². The van der Waals surface area contributed by atoms with Crippen LogP contribution in [0.15, 0.2) is 36.8 Å². The van der Waals surface area contributed by atoms with Crippen LogP contribution in [-0.4, -0.2) is 38.7 Å². The van der Waals surface area contributed by atoms with Crippen LogP contribution >= 0.6 is 0 Å². The SMILES string of the molecule is O=C(C1CCC(n2cccc2)CC1)N1CCC[C@H](c2ccn[nH]2)C1. The summed E-state index contributed by atoms with van der Waals surface area (Å²) in [6.45, 7) is 1.76. The van der Waals surface area contributed by atoms with Crippen molar-refractivity contribution in [1.82, 2.24) is 19.7 Å². The Morgan fingerprint density at radius 3 is 2.62 bits per heavy atom. The van der Waals surface area contributed by atoms with E-state index in [2.05, 4.69) is 44.2 Å². The van der Waals surface area contributed by atoms with E-state index in [1.165, 1.54) is 5.69 Å². The smallest absolute Gasteiger partial charge is 0.225 e. The van der Waals surface area contributed by atoms with Gasteiger partial charge in [0.1, 0.15) is 0 Å². The van der Waals surface area contributed by atoms with Gasteiger partial charge in [0.15, 0.2) is 0 Å². The Balaban J connectivity index is 1.34. The quantitative estimate of drug-likeness (QED) is 0.940. The minimum absolute atomic E-state index is 0.220. The monoisotopic (exact) mass is 326 g/mol. The molecular formula is C19H26N4O. The normalized spacial score (nSPS) is 28.0. The number of nitrogens with zero attached hydrogens (tertiary/aromatic N) is 3. The highest BCUT2D eigenvalue weighted by molar-refractivity contribution is 5.79. The molecule has 0 bridgehead atoms. The fourth-order valence-corrected chi connectivity index (χ4v) is 4.40. The lowest BCUT2D eigenvalue weighted by Gasteiger charge is -2.37. The van der Waals surface area contributed by atoms with E-state index in [1.807, 2.05) is 6.07 Å². The number of aromatic amines is 1. The van der Waals surface area contributed by atoms with Gasteiger partial charge in [0.25, 0.3) is 0 Å². The molecule has 1 atom stereocenters. The summed E-state index contributed by atoms with van der Waals surface area (Å²) in [7, 11) is 0. The van der Waals surface area contributed by atoms with Crippen molar-refractivity contribution < 1.29 is 4.79 Å². The van der Waals surface area contributed by atoms with Crippen molar-refractivity contribution in [2.24, 2.45) is 5.92 Å². The average molecular weight is 326 g/mol. The predicted molar refractivity (Wildman–Crippen MR) is 92.6 cm³/mol. The van der Waals surface area contributed by atoms with Crippen LogP contribution in [0, 0.1) is 5.92 Å². The highest BCUT2D eigenvalue weighted by Gasteiger charge is 2.32. The van der Waals surface area contributed by atoms with E-state index in [9.17, 15) is 4.79 Å². The molecule has 1 saturated heterocycles. The highest BCUT2D eigenvalue weighted by atomic mass is 16.2. The standard InChI is InChI=1S/C19H26N4O/c24-19(15-5-7-17(8-6-15)22-11-1-2-12-22)23-13-3-4-16(14-23)18-9-10-20-21-18/h1-2,9-12,15-17H,3-8,13-14H2,(H,20,21)/t15?,16-,17?/m0/s1. The van der Waals surface area contributed by atoms with Gasteiger partial charge in [-0.1, -0.05) is 0 Å². The number of hydrogen-bond donors (Lipinski definition) is 1. The molecule has 2 aromatic rings. The minimum atomic E-state index is 0.220. The molecule has 0 radical (unpaired) electrons. The molecule has 5 heteroatoms. The second-order valence-corrected chi connectivity index (χ2v) is 7.27. The topological polar surface area (TPSA) is 53.9 Å². The lowest BCUT2D eigenvalue weighted by Crippen LogP contribution is -2.43. The van der Waals surface area contributed by atoms with Crippen molar-refractivity contribution in [1.29, 1.82) is 0 Å². The number of likely N-dealkylation sites (tertiary alicyclic amines) is 1. The summed E-state index contributed by atoms with van der Waals surface area (Å²) in [5, 5.41) is 7.14. The molecule has 0 aromatic carbocycles. The zero-order valence-electron chi connectivity index (χ0n) is 14.1. The van der Waals surface area contributed by atoms with Gasteiger partial charge in [-0.25, -0.2) is 0 Å². The first kappa shape index (κ1) is 15.5. The molecule has 1 aliphatic heterocycles. The van der Waals surface area contributed by atoms with Gasteiger partial charge < -0.3 is 9.47 Å². The van der Waals surface area contributed by atoms with Crippen LogP contribution in [-0.2, 0) is 4.79 Å². The van der Waals surface area contributed by atoms with Crippen molar-refractivity contribution in [3.8, 4) is 0 Å². The van der Waals surface area contributed by atoms with Gasteiger partial charge in [0, 0.05) is 55.3 Å². The molecule has 3 heterocycles. The summed E-state index contributed by atoms with van der Waals surface area (Å²) >= 11 is 0. The molecule has 2 aliphatic rings. The summed E-state index contributed by atoms with van der Waals surface area (Å²) in [5.74, 6) is 1.02. The van der Waals surface area contributed by atoms with Gasteiger partial charge in [-0.15, -0.1) is 0 Å². The van der Waals surface area contributed by atoms with Crippen LogP contribution in [0.4, 0.5) is 0 Å². The Labute approximate surface area is 143 Å². The first-order valence-corrected chi connectivity index (χ1v) is 9.22. The Morgan fingerprint density at radius 2 is 1.92 bits per heavy atom. The summed E-state index contributed by atoms with van der Waals surface area (Å²) in [6.07, 6.45) is 12.6. The van der Waals surface area contributed by atoms with E-state index in [0.717, 1.165) is 51.6 Å². The second-order valence-electron chi connectivity index (χ2n) is 7.27. The van der Waals surface area contributed by atoms with Crippen LogP contribution in [0.5, 0.6) is 0 Å². The Morgan fingerprint density at radius 1 is 1.12 bits per heavy atom. The van der Waals surface area contributed by atoms with Crippen LogP contribution < -0.4 is 0 Å². The maximum atomic E-state index is 13.0. The number of carbonyl (C=O) groups excluding carboxylic acids is 1. The van der Waals surface area contributed by atoms with E-state index in [-0.39, 0.29) is 5.92 Å². The Kier molecular flexibility index (Phi) is 4.41. The number of nitrogens with one attached hydrogen (secondary N) is 1. The molecule has 2 aromatic heterocycles. The number of amides is 1. The third-order valence-corrected chi connectivity index (χ3v) is 5.79. The molecule has 1 N–H and O–H groups in total. The third kappa shape index (κ3) is 3.12. The van der Waals surface area contributed by atoms with Gasteiger partial charge in [0.05, 0.1) is 0 Å². The van der Waals surface area contributed by atoms with Crippen molar-refractivity contribution in [3.63, 3.8) is 0 Å². The molecule has 128 valence electrons. The maximum Gasteiger partial charge on any atom is 0.225 e. The number of piperidine rings is 1. The number of aromatic nitrogens is 3. The molecule has 1 amide bonds. The van der Waals surface area contributed by atoms with Crippen LogP contribution in [0.2, 0.25) is 0 Å². The Hall–Kier alpha value is -2.04. The molecule has 24 heavy (non-hydrogen) atoms. The zero-order chi connectivity index (χ0) is 16.4. The molecular weight excluding hydrogens is 300 g/mol. The predicted octanol–water partition coefficient (Wildman–Crippen LogP) is 3.35. The van der Waals surface area contributed by atoms with Gasteiger partial charge in [0.2, 0.25) is 5.91 Å². The largest absolute Gasteiger partial charge is 0.351 e. The minimum Gasteiger partial charge on any atom is -0.351 e. The molecule has 1 aliphatic carbocycles. The molecule has 1 saturated carbocycles. The molecule has 5 nitrogen and oxygen atoms in total. The Bertz CT molecular complexity index is 641. The maximum absolute atomic E-state index is 13.0. The van der Waals surface area contributed by atoms with Crippen LogP contribution in [0.1, 0.15) is 56.2 Å². The van der Waals surface area contributed by atoms with Crippen LogP contribution in [0.25, 0.3) is 0 Å². The van der Waals surface area contributed by atoms with E-state index >= 15 is 0 Å². The average Bonchev–Trinajstić information content (AvgIpc) is 3.35. The zero-order valence-corrected chi connectivity index (χ0v) is 14.1. The van der Waals surface area contributed by atoms with Gasteiger partial charge in [-0.05, 0) is 56.7 Å². The fraction of sp³-hybridized carbons (Fsp3) is 0.579. The molecule has 2 fully saturated rings. The van der Waals surface area contributed by atoms with E-state index in [0.29, 0.717) is 17.9 Å². The lowest BCUT2D eigenvalue weighted by molar-refractivity contribution is -0.138. The summed E-state index contributed by atoms with van der Waals surface area (Å²) in [6, 6.07) is 6.78. The number of H-pyrrole nitrogens is 1. The van der Waals surface area contributed by atoms with Crippen LogP contribution in [0.3, 0.4) is 0 Å². The second kappa shape index (κ2) is 6.83. The van der Waals surface area contributed by atoms with Crippen molar-refractivity contribution in [2.75, 3.05) is 13.1 Å². The van der Waals surface area contributed by atoms with E-state index in [1.54, 1.807) is 6.20 Å². The fourth-order valence-electron chi connectivity index (χ4n) is 4.40. The van der Waals surface area contributed by atoms with E-state index in [4.69, 9.17) is 0 Å². The number of carbonyl (C=O) groups is 1. The van der Waals surface area contributed by atoms with Crippen molar-refractivity contribution in [2.45, 2.75) is 50.5 Å². The number of rotatable bonds is 3.